The highest BCUT2D eigenvalue weighted by molar-refractivity contribution is 6.30. The number of carbonyl (C=O) groups excluding carboxylic acids is 1. The van der Waals surface area contributed by atoms with Crippen LogP contribution in [0, 0.1) is 5.92 Å². The number of rotatable bonds is 3. The van der Waals surface area contributed by atoms with Gasteiger partial charge in [-0.15, -0.1) is 0 Å². The van der Waals surface area contributed by atoms with Crippen LogP contribution in [0.3, 0.4) is 0 Å². The molecule has 4 heteroatoms. The van der Waals surface area contributed by atoms with Gasteiger partial charge in [-0.2, -0.15) is 0 Å². The Bertz CT molecular complexity index is 802. The first kappa shape index (κ1) is 15.7. The van der Waals surface area contributed by atoms with Crippen molar-refractivity contribution in [3.05, 3.63) is 53.1 Å². The average molecular weight is 341 g/mol. The van der Waals surface area contributed by atoms with Gasteiger partial charge in [0.1, 0.15) is 6.17 Å². The smallest absolute Gasteiger partial charge is 0.157 e. The fourth-order valence-electron chi connectivity index (χ4n) is 3.95. The Balaban J connectivity index is 1.85. The number of aldehydes is 1. The lowest BCUT2D eigenvalue weighted by Gasteiger charge is -2.48. The molecule has 0 amide bonds. The molecule has 0 aromatic heterocycles. The molecule has 0 bridgehead atoms. The van der Waals surface area contributed by atoms with Crippen LogP contribution in [-0.4, -0.2) is 24.4 Å². The van der Waals surface area contributed by atoms with Crippen LogP contribution >= 0.6 is 11.6 Å². The molecule has 124 valence electrons. The molecule has 1 saturated carbocycles. The fraction of sp³-hybridized carbons (Fsp3) is 0.350. The number of hydrogen-bond donors (Lipinski definition) is 1. The van der Waals surface area contributed by atoms with Crippen LogP contribution in [0.25, 0.3) is 11.1 Å². The van der Waals surface area contributed by atoms with E-state index < -0.39 is 0 Å². The lowest BCUT2D eigenvalue weighted by Crippen LogP contribution is -2.56. The molecule has 0 saturated heterocycles. The van der Waals surface area contributed by atoms with Crippen molar-refractivity contribution in [1.29, 1.82) is 0 Å². The van der Waals surface area contributed by atoms with Crippen LogP contribution in [0.2, 0.25) is 5.02 Å². The van der Waals surface area contributed by atoms with Gasteiger partial charge in [-0.05, 0) is 73.7 Å². The molecule has 2 aromatic carbocycles. The van der Waals surface area contributed by atoms with Gasteiger partial charge in [0.05, 0.1) is 5.54 Å². The highest BCUT2D eigenvalue weighted by Crippen LogP contribution is 2.53. The van der Waals surface area contributed by atoms with E-state index in [4.69, 9.17) is 11.6 Å². The monoisotopic (exact) mass is 340 g/mol. The van der Waals surface area contributed by atoms with Crippen molar-refractivity contribution in [2.24, 2.45) is 5.92 Å². The second kappa shape index (κ2) is 5.61. The number of nitrogens with zero attached hydrogens (tertiary/aromatic N) is 1. The minimum Gasteiger partial charge on any atom is -0.363 e. The predicted octanol–water partition coefficient (Wildman–Crippen LogP) is 4.51. The second-order valence-electron chi connectivity index (χ2n) is 7.03. The molecule has 1 aliphatic carbocycles. The fourth-order valence-corrected chi connectivity index (χ4v) is 4.14. The van der Waals surface area contributed by atoms with Crippen LogP contribution in [0.4, 0.5) is 5.69 Å². The number of nitrogens with one attached hydrogen (secondary N) is 1. The first-order valence-corrected chi connectivity index (χ1v) is 8.77. The quantitative estimate of drug-likeness (QED) is 0.834. The Morgan fingerprint density at radius 3 is 2.62 bits per heavy atom. The average Bonchev–Trinajstić information content (AvgIpc) is 3.43. The molecule has 1 fully saturated rings. The zero-order valence-corrected chi connectivity index (χ0v) is 14.7. The summed E-state index contributed by atoms with van der Waals surface area (Å²) in [7, 11) is 2.04. The summed E-state index contributed by atoms with van der Waals surface area (Å²) in [5.41, 5.74) is 4.47. The van der Waals surface area contributed by atoms with Gasteiger partial charge in [-0.1, -0.05) is 29.8 Å². The summed E-state index contributed by atoms with van der Waals surface area (Å²) < 4.78 is 0. The summed E-state index contributed by atoms with van der Waals surface area (Å²) in [6.45, 7) is 2.27. The molecule has 24 heavy (non-hydrogen) atoms. The first-order chi connectivity index (χ1) is 11.5. The van der Waals surface area contributed by atoms with Gasteiger partial charge in [0, 0.05) is 10.7 Å². The molecule has 1 aliphatic heterocycles. The Hall–Kier alpha value is -1.84. The minimum atomic E-state index is -0.278. The van der Waals surface area contributed by atoms with E-state index in [0.29, 0.717) is 5.92 Å². The topological polar surface area (TPSA) is 32.3 Å². The summed E-state index contributed by atoms with van der Waals surface area (Å²) >= 11 is 6.16. The second-order valence-corrected chi connectivity index (χ2v) is 7.47. The lowest BCUT2D eigenvalue weighted by molar-refractivity contribution is -0.113. The predicted molar refractivity (Wildman–Crippen MR) is 98.2 cm³/mol. The van der Waals surface area contributed by atoms with Crippen molar-refractivity contribution in [3.8, 4) is 11.1 Å². The van der Waals surface area contributed by atoms with Crippen LogP contribution in [0.5, 0.6) is 0 Å². The molecular weight excluding hydrogens is 320 g/mol. The maximum Gasteiger partial charge on any atom is 0.157 e. The highest BCUT2D eigenvalue weighted by atomic mass is 35.5. The van der Waals surface area contributed by atoms with Gasteiger partial charge in [0.25, 0.3) is 0 Å². The van der Waals surface area contributed by atoms with Crippen molar-refractivity contribution in [1.82, 2.24) is 4.90 Å². The Morgan fingerprint density at radius 1 is 1.21 bits per heavy atom. The highest BCUT2D eigenvalue weighted by Gasteiger charge is 2.50. The molecule has 2 atom stereocenters. The number of halogens is 1. The molecular formula is C20H21ClN2O. The lowest BCUT2D eigenvalue weighted by atomic mass is 9.80. The number of hydrogen-bond acceptors (Lipinski definition) is 3. The standard InChI is InChI=1S/C20H21ClN2O/c1-20(15-7-8-15)17-11-14(13-4-3-5-16(21)10-13)6-9-18(17)22-19(12-24)23(20)2/h3-6,9-12,15,19,22H,7-8H2,1-2H3. The third-order valence-corrected chi connectivity index (χ3v) is 5.91. The number of carbonyl (C=O) groups is 1. The van der Waals surface area contributed by atoms with Gasteiger partial charge in [0.15, 0.2) is 6.29 Å². The van der Waals surface area contributed by atoms with Crippen LogP contribution in [-0.2, 0) is 10.3 Å². The number of fused-ring (bicyclic) bond motifs is 1. The van der Waals surface area contributed by atoms with Crippen molar-refractivity contribution in [2.45, 2.75) is 31.5 Å². The zero-order chi connectivity index (χ0) is 16.9. The normalized spacial score (nSPS) is 26.5. The summed E-state index contributed by atoms with van der Waals surface area (Å²) in [5, 5.41) is 4.10. The molecule has 1 heterocycles. The molecule has 0 radical (unpaired) electrons. The Morgan fingerprint density at radius 2 is 1.96 bits per heavy atom. The molecule has 2 unspecified atom stereocenters. The van der Waals surface area contributed by atoms with E-state index in [1.165, 1.54) is 18.4 Å². The van der Waals surface area contributed by atoms with Gasteiger partial charge >= 0.3 is 0 Å². The minimum absolute atomic E-state index is 0.124. The van der Waals surface area contributed by atoms with E-state index in [2.05, 4.69) is 41.4 Å². The van der Waals surface area contributed by atoms with Crippen molar-refractivity contribution in [3.63, 3.8) is 0 Å². The van der Waals surface area contributed by atoms with Crippen molar-refractivity contribution < 1.29 is 4.79 Å². The molecule has 2 aliphatic rings. The van der Waals surface area contributed by atoms with Crippen molar-refractivity contribution in [2.75, 3.05) is 12.4 Å². The summed E-state index contributed by atoms with van der Waals surface area (Å²) in [4.78, 5) is 13.7. The number of likely N-dealkylation sites (N-methyl/N-ethyl adjacent to an activating group) is 1. The largest absolute Gasteiger partial charge is 0.363 e. The number of benzene rings is 2. The number of anilines is 1. The molecule has 1 N–H and O–H groups in total. The first-order valence-electron chi connectivity index (χ1n) is 8.39. The Kier molecular flexibility index (Phi) is 3.66. The molecule has 2 aromatic rings. The molecule has 3 nitrogen and oxygen atoms in total. The third-order valence-electron chi connectivity index (χ3n) is 5.68. The summed E-state index contributed by atoms with van der Waals surface area (Å²) in [6.07, 6.45) is 3.15. The maximum atomic E-state index is 11.5. The van der Waals surface area contributed by atoms with Crippen LogP contribution in [0.1, 0.15) is 25.3 Å². The van der Waals surface area contributed by atoms with Crippen molar-refractivity contribution >= 4 is 23.6 Å². The van der Waals surface area contributed by atoms with E-state index in [9.17, 15) is 4.79 Å². The SMILES string of the molecule is CN1C(C=O)Nc2ccc(-c3cccc(Cl)c3)cc2C1(C)C1CC1. The zero-order valence-electron chi connectivity index (χ0n) is 13.9. The van der Waals surface area contributed by atoms with Gasteiger partial charge in [-0.25, -0.2) is 0 Å². The van der Waals surface area contributed by atoms with Gasteiger partial charge < -0.3 is 5.32 Å². The van der Waals surface area contributed by atoms with E-state index in [1.54, 1.807) is 0 Å². The van der Waals surface area contributed by atoms with Crippen LogP contribution in [0.15, 0.2) is 42.5 Å². The molecule has 0 spiro atoms. The third kappa shape index (κ3) is 2.35. The van der Waals surface area contributed by atoms with E-state index >= 15 is 0 Å². The Labute approximate surface area is 147 Å². The summed E-state index contributed by atoms with van der Waals surface area (Å²) in [6, 6.07) is 14.4. The van der Waals surface area contributed by atoms with Gasteiger partial charge in [0.2, 0.25) is 0 Å². The van der Waals surface area contributed by atoms with E-state index in [-0.39, 0.29) is 11.7 Å². The van der Waals surface area contributed by atoms with Crippen LogP contribution < -0.4 is 5.32 Å². The molecule has 4 rings (SSSR count). The van der Waals surface area contributed by atoms with E-state index in [0.717, 1.165) is 28.1 Å². The summed E-state index contributed by atoms with van der Waals surface area (Å²) in [5.74, 6) is 0.598. The maximum absolute atomic E-state index is 11.5. The van der Waals surface area contributed by atoms with Gasteiger partial charge in [-0.3, -0.25) is 9.69 Å². The van der Waals surface area contributed by atoms with E-state index in [1.807, 2.05) is 25.2 Å².